The number of benzene rings is 2. The van der Waals surface area contributed by atoms with Crippen LogP contribution in [0.4, 0.5) is 0 Å². The standard InChI is InChI=1S/C17H17O3Si/c18-17-16(12-7-13-19-17)20-21(14-8-3-1-4-9-14)15-10-5-2-6-11-15/h1-6,8-11,16H,7,12-13H2. The van der Waals surface area contributed by atoms with Gasteiger partial charge in [-0.3, -0.25) is 0 Å². The van der Waals surface area contributed by atoms with Gasteiger partial charge >= 0.3 is 5.97 Å². The predicted octanol–water partition coefficient (Wildman–Crippen LogP) is 1.51. The Kier molecular flexibility index (Phi) is 4.48. The second-order valence-electron chi connectivity index (χ2n) is 4.98. The van der Waals surface area contributed by atoms with Gasteiger partial charge in [0, 0.05) is 0 Å². The molecule has 0 spiro atoms. The van der Waals surface area contributed by atoms with Crippen molar-refractivity contribution in [3.8, 4) is 0 Å². The molecule has 0 amide bonds. The van der Waals surface area contributed by atoms with E-state index in [4.69, 9.17) is 9.16 Å². The molecular formula is C17H17O3Si. The molecule has 2 aromatic carbocycles. The summed E-state index contributed by atoms with van der Waals surface area (Å²) in [4.78, 5) is 11.9. The van der Waals surface area contributed by atoms with E-state index in [0.717, 1.165) is 23.2 Å². The van der Waals surface area contributed by atoms with E-state index in [-0.39, 0.29) is 5.97 Å². The number of ether oxygens (including phenoxy) is 1. The van der Waals surface area contributed by atoms with Gasteiger partial charge in [-0.05, 0) is 23.2 Å². The summed E-state index contributed by atoms with van der Waals surface area (Å²) in [6.07, 6.45) is 1.18. The first-order valence-electron chi connectivity index (χ1n) is 7.16. The number of esters is 1. The fraction of sp³-hybridized carbons (Fsp3) is 0.235. The summed E-state index contributed by atoms with van der Waals surface area (Å²) in [5.41, 5.74) is 0. The van der Waals surface area contributed by atoms with Gasteiger partial charge in [0.15, 0.2) is 0 Å². The molecule has 0 aromatic heterocycles. The minimum Gasteiger partial charge on any atom is -0.464 e. The Balaban J connectivity index is 1.88. The van der Waals surface area contributed by atoms with Gasteiger partial charge in [0.1, 0.15) is 6.10 Å². The van der Waals surface area contributed by atoms with E-state index >= 15 is 0 Å². The summed E-state index contributed by atoms with van der Waals surface area (Å²) < 4.78 is 11.3. The van der Waals surface area contributed by atoms with Gasteiger partial charge in [-0.1, -0.05) is 60.7 Å². The van der Waals surface area contributed by atoms with Crippen LogP contribution in [0, 0.1) is 0 Å². The van der Waals surface area contributed by atoms with Crippen LogP contribution in [-0.2, 0) is 14.0 Å². The third-order valence-corrected chi connectivity index (χ3v) is 5.69. The zero-order valence-electron chi connectivity index (χ0n) is 11.7. The summed E-state index contributed by atoms with van der Waals surface area (Å²) in [6, 6.07) is 20.3. The van der Waals surface area contributed by atoms with Crippen molar-refractivity contribution in [2.75, 3.05) is 6.61 Å². The van der Waals surface area contributed by atoms with Crippen molar-refractivity contribution >= 4 is 25.4 Å². The molecule has 1 atom stereocenters. The molecule has 21 heavy (non-hydrogen) atoms. The highest BCUT2D eigenvalue weighted by Gasteiger charge is 2.30. The molecule has 0 aliphatic carbocycles. The predicted molar refractivity (Wildman–Crippen MR) is 83.0 cm³/mol. The maximum absolute atomic E-state index is 11.9. The van der Waals surface area contributed by atoms with E-state index < -0.39 is 15.1 Å². The van der Waals surface area contributed by atoms with Crippen LogP contribution in [0.2, 0.25) is 0 Å². The largest absolute Gasteiger partial charge is 0.464 e. The van der Waals surface area contributed by atoms with E-state index in [2.05, 4.69) is 24.3 Å². The van der Waals surface area contributed by atoms with Gasteiger partial charge in [-0.2, -0.15) is 0 Å². The molecule has 1 saturated heterocycles. The molecule has 2 aromatic rings. The van der Waals surface area contributed by atoms with E-state index in [1.165, 1.54) is 0 Å². The lowest BCUT2D eigenvalue weighted by Gasteiger charge is -2.25. The molecule has 1 radical (unpaired) electrons. The number of hydrogen-bond acceptors (Lipinski definition) is 3. The van der Waals surface area contributed by atoms with Crippen LogP contribution in [0.15, 0.2) is 60.7 Å². The van der Waals surface area contributed by atoms with Crippen LogP contribution < -0.4 is 10.4 Å². The van der Waals surface area contributed by atoms with Crippen molar-refractivity contribution in [2.45, 2.75) is 18.9 Å². The van der Waals surface area contributed by atoms with Crippen molar-refractivity contribution in [1.29, 1.82) is 0 Å². The zero-order chi connectivity index (χ0) is 14.5. The number of rotatable bonds is 4. The SMILES string of the molecule is O=C1OCCCC1O[Si](c1ccccc1)c1ccccc1. The Morgan fingerprint density at radius 1 is 0.952 bits per heavy atom. The van der Waals surface area contributed by atoms with Crippen LogP contribution >= 0.6 is 0 Å². The highest BCUT2D eigenvalue weighted by atomic mass is 28.3. The van der Waals surface area contributed by atoms with Gasteiger partial charge in [0.25, 0.3) is 9.04 Å². The molecule has 107 valence electrons. The molecular weight excluding hydrogens is 280 g/mol. The van der Waals surface area contributed by atoms with Gasteiger partial charge in [0.2, 0.25) is 0 Å². The summed E-state index contributed by atoms with van der Waals surface area (Å²) in [5.74, 6) is -0.226. The highest BCUT2D eigenvalue weighted by Crippen LogP contribution is 2.13. The normalized spacial score (nSPS) is 18.5. The Labute approximate surface area is 126 Å². The second kappa shape index (κ2) is 6.69. The fourth-order valence-corrected chi connectivity index (χ4v) is 4.48. The fourth-order valence-electron chi connectivity index (χ4n) is 2.38. The maximum Gasteiger partial charge on any atom is 0.334 e. The number of cyclic esters (lactones) is 1. The summed E-state index contributed by atoms with van der Waals surface area (Å²) >= 11 is 0. The average molecular weight is 297 g/mol. The van der Waals surface area contributed by atoms with Crippen molar-refractivity contribution in [3.05, 3.63) is 60.7 Å². The monoisotopic (exact) mass is 297 g/mol. The molecule has 3 rings (SSSR count). The maximum atomic E-state index is 11.9. The second-order valence-corrected chi connectivity index (χ2v) is 7.03. The highest BCUT2D eigenvalue weighted by molar-refractivity contribution is 6.80. The quantitative estimate of drug-likeness (QED) is 0.634. The molecule has 1 heterocycles. The molecule has 3 nitrogen and oxygen atoms in total. The van der Waals surface area contributed by atoms with Crippen molar-refractivity contribution in [2.24, 2.45) is 0 Å². The third kappa shape index (κ3) is 3.40. The van der Waals surface area contributed by atoms with Crippen molar-refractivity contribution < 1.29 is 14.0 Å². The first-order chi connectivity index (χ1) is 10.3. The van der Waals surface area contributed by atoms with E-state index in [1.807, 2.05) is 36.4 Å². The van der Waals surface area contributed by atoms with E-state index in [9.17, 15) is 4.79 Å². The van der Waals surface area contributed by atoms with Gasteiger partial charge < -0.3 is 9.16 Å². The molecule has 1 fully saturated rings. The van der Waals surface area contributed by atoms with Gasteiger partial charge in [-0.15, -0.1) is 0 Å². The van der Waals surface area contributed by atoms with Crippen LogP contribution in [0.25, 0.3) is 0 Å². The van der Waals surface area contributed by atoms with E-state index in [0.29, 0.717) is 6.61 Å². The lowest BCUT2D eigenvalue weighted by molar-refractivity contribution is -0.156. The lowest BCUT2D eigenvalue weighted by atomic mass is 10.2. The first-order valence-corrected chi connectivity index (χ1v) is 8.56. The number of hydrogen-bond donors (Lipinski definition) is 0. The van der Waals surface area contributed by atoms with Crippen molar-refractivity contribution in [1.82, 2.24) is 0 Å². The molecule has 0 saturated carbocycles. The number of carbonyl (C=O) groups excluding carboxylic acids is 1. The van der Waals surface area contributed by atoms with Crippen molar-refractivity contribution in [3.63, 3.8) is 0 Å². The minimum absolute atomic E-state index is 0.226. The van der Waals surface area contributed by atoms with Crippen LogP contribution in [-0.4, -0.2) is 27.7 Å². The molecule has 0 bridgehead atoms. The molecule has 0 N–H and O–H groups in total. The van der Waals surface area contributed by atoms with Crippen LogP contribution in [0.5, 0.6) is 0 Å². The number of carbonyl (C=O) groups is 1. The van der Waals surface area contributed by atoms with Crippen LogP contribution in [0.1, 0.15) is 12.8 Å². The average Bonchev–Trinajstić information content (AvgIpc) is 2.56. The Morgan fingerprint density at radius 2 is 1.52 bits per heavy atom. The van der Waals surface area contributed by atoms with Crippen LogP contribution in [0.3, 0.4) is 0 Å². The topological polar surface area (TPSA) is 35.5 Å². The minimum atomic E-state index is -1.43. The van der Waals surface area contributed by atoms with Gasteiger partial charge in [-0.25, -0.2) is 4.79 Å². The van der Waals surface area contributed by atoms with E-state index in [1.54, 1.807) is 0 Å². The lowest BCUT2D eigenvalue weighted by Crippen LogP contribution is -2.49. The summed E-state index contributed by atoms with van der Waals surface area (Å²) in [6.45, 7) is 0.511. The zero-order valence-corrected chi connectivity index (χ0v) is 12.7. The molecule has 1 unspecified atom stereocenters. The summed E-state index contributed by atoms with van der Waals surface area (Å²) in [7, 11) is -1.43. The molecule has 1 aliphatic heterocycles. The molecule has 4 heteroatoms. The molecule has 1 aliphatic rings. The Morgan fingerprint density at radius 3 is 2.05 bits per heavy atom. The van der Waals surface area contributed by atoms with Gasteiger partial charge in [0.05, 0.1) is 6.61 Å². The Hall–Kier alpha value is -1.91. The third-order valence-electron chi connectivity index (χ3n) is 3.45. The Bertz CT molecular complexity index is 546. The summed E-state index contributed by atoms with van der Waals surface area (Å²) in [5, 5.41) is 2.29. The smallest absolute Gasteiger partial charge is 0.334 e. The first kappa shape index (κ1) is 14.0.